The first-order valence-electron chi connectivity index (χ1n) is 6.56. The Kier molecular flexibility index (Phi) is 3.39. The quantitative estimate of drug-likeness (QED) is 0.763. The number of carbonyl (C=O) groups is 1. The number of H-pyrrole nitrogens is 1. The Morgan fingerprint density at radius 2 is 2.33 bits per heavy atom. The largest absolute Gasteiger partial charge is 0.350 e. The highest BCUT2D eigenvalue weighted by molar-refractivity contribution is 5.93. The van der Waals surface area contributed by atoms with Gasteiger partial charge in [-0.05, 0) is 19.1 Å². The van der Waals surface area contributed by atoms with Crippen LogP contribution < -0.4 is 5.32 Å². The normalized spacial score (nSPS) is 11.0. The third-order valence-electron chi connectivity index (χ3n) is 3.23. The third kappa shape index (κ3) is 2.49. The number of amides is 1. The summed E-state index contributed by atoms with van der Waals surface area (Å²) < 4.78 is 15.6. The summed E-state index contributed by atoms with van der Waals surface area (Å²) in [6, 6.07) is 5.20. The summed E-state index contributed by atoms with van der Waals surface area (Å²) in [6.07, 6.45) is 3.85. The van der Waals surface area contributed by atoms with Gasteiger partial charge in [-0.15, -0.1) is 0 Å². The molecule has 6 nitrogen and oxygen atoms in total. The van der Waals surface area contributed by atoms with Crippen LogP contribution in [0.15, 0.2) is 30.7 Å². The number of carbonyl (C=O) groups excluding carboxylic acids is 1. The zero-order valence-corrected chi connectivity index (χ0v) is 11.4. The smallest absolute Gasteiger partial charge is 0.274 e. The molecule has 21 heavy (non-hydrogen) atoms. The van der Waals surface area contributed by atoms with Crippen molar-refractivity contribution >= 4 is 11.6 Å². The molecule has 0 bridgehead atoms. The van der Waals surface area contributed by atoms with Crippen molar-refractivity contribution in [3.05, 3.63) is 53.8 Å². The molecule has 0 aliphatic rings. The van der Waals surface area contributed by atoms with Crippen molar-refractivity contribution in [1.29, 1.82) is 0 Å². The van der Waals surface area contributed by atoms with Crippen LogP contribution >= 0.6 is 0 Å². The molecule has 0 fully saturated rings. The monoisotopic (exact) mass is 287 g/mol. The van der Waals surface area contributed by atoms with E-state index in [0.717, 1.165) is 5.69 Å². The number of nitrogens with zero attached hydrogens (tertiary/aromatic N) is 3. The SMILES string of the molecule is Cc1cccc2nc(C(=O)NCCc3cnc[nH]3)c(F)n12. The van der Waals surface area contributed by atoms with Crippen molar-refractivity contribution in [3.8, 4) is 0 Å². The van der Waals surface area contributed by atoms with Crippen molar-refractivity contribution in [2.45, 2.75) is 13.3 Å². The van der Waals surface area contributed by atoms with E-state index in [2.05, 4.69) is 20.3 Å². The fraction of sp³-hybridized carbons (Fsp3) is 0.214. The highest BCUT2D eigenvalue weighted by atomic mass is 19.1. The lowest BCUT2D eigenvalue weighted by Gasteiger charge is -2.02. The van der Waals surface area contributed by atoms with E-state index in [-0.39, 0.29) is 5.69 Å². The minimum Gasteiger partial charge on any atom is -0.350 e. The van der Waals surface area contributed by atoms with E-state index in [0.29, 0.717) is 24.3 Å². The fourth-order valence-corrected chi connectivity index (χ4v) is 2.17. The van der Waals surface area contributed by atoms with E-state index in [1.165, 1.54) is 4.40 Å². The fourth-order valence-electron chi connectivity index (χ4n) is 2.17. The number of hydrogen-bond donors (Lipinski definition) is 2. The number of hydrogen-bond acceptors (Lipinski definition) is 3. The van der Waals surface area contributed by atoms with E-state index in [4.69, 9.17) is 0 Å². The van der Waals surface area contributed by atoms with E-state index in [1.54, 1.807) is 37.6 Å². The molecule has 0 aliphatic heterocycles. The number of rotatable bonds is 4. The van der Waals surface area contributed by atoms with Crippen molar-refractivity contribution in [3.63, 3.8) is 0 Å². The van der Waals surface area contributed by atoms with Crippen LogP contribution in [0.5, 0.6) is 0 Å². The van der Waals surface area contributed by atoms with Crippen molar-refractivity contribution in [2.24, 2.45) is 0 Å². The Labute approximate surface area is 120 Å². The van der Waals surface area contributed by atoms with Gasteiger partial charge in [0, 0.05) is 30.6 Å². The van der Waals surface area contributed by atoms with Crippen LogP contribution in [0.4, 0.5) is 4.39 Å². The molecule has 2 N–H and O–H groups in total. The number of imidazole rings is 2. The molecule has 3 aromatic heterocycles. The number of pyridine rings is 1. The molecule has 0 radical (unpaired) electrons. The summed E-state index contributed by atoms with van der Waals surface area (Å²) in [5.41, 5.74) is 1.83. The van der Waals surface area contributed by atoms with E-state index < -0.39 is 11.9 Å². The second kappa shape index (κ2) is 5.35. The second-order valence-corrected chi connectivity index (χ2v) is 4.69. The van der Waals surface area contributed by atoms with Gasteiger partial charge in [0.15, 0.2) is 5.69 Å². The Balaban J connectivity index is 1.75. The van der Waals surface area contributed by atoms with Gasteiger partial charge in [-0.25, -0.2) is 9.97 Å². The van der Waals surface area contributed by atoms with E-state index >= 15 is 0 Å². The molecule has 7 heteroatoms. The topological polar surface area (TPSA) is 75.1 Å². The first kappa shape index (κ1) is 13.3. The average Bonchev–Trinajstić information content (AvgIpc) is 3.08. The first-order chi connectivity index (χ1) is 10.2. The molecule has 0 saturated heterocycles. The third-order valence-corrected chi connectivity index (χ3v) is 3.23. The number of nitrogens with one attached hydrogen (secondary N) is 2. The van der Waals surface area contributed by atoms with Gasteiger partial charge in [-0.2, -0.15) is 4.39 Å². The van der Waals surface area contributed by atoms with Crippen LogP contribution in [0.3, 0.4) is 0 Å². The van der Waals surface area contributed by atoms with E-state index in [1.807, 2.05) is 0 Å². The summed E-state index contributed by atoms with van der Waals surface area (Å²) in [6.45, 7) is 2.14. The molecule has 3 rings (SSSR count). The van der Waals surface area contributed by atoms with Gasteiger partial charge in [0.1, 0.15) is 5.65 Å². The van der Waals surface area contributed by atoms with Crippen LogP contribution in [0, 0.1) is 12.9 Å². The summed E-state index contributed by atoms with van der Waals surface area (Å²) >= 11 is 0. The van der Waals surface area contributed by atoms with Gasteiger partial charge in [-0.3, -0.25) is 9.20 Å². The Hall–Kier alpha value is -2.70. The minimum absolute atomic E-state index is 0.186. The van der Waals surface area contributed by atoms with Crippen molar-refractivity contribution in [1.82, 2.24) is 24.7 Å². The maximum absolute atomic E-state index is 14.3. The number of aromatic nitrogens is 4. The van der Waals surface area contributed by atoms with Gasteiger partial charge >= 0.3 is 0 Å². The zero-order chi connectivity index (χ0) is 14.8. The van der Waals surface area contributed by atoms with Gasteiger partial charge in [0.25, 0.3) is 5.91 Å². The molecule has 0 unspecified atom stereocenters. The van der Waals surface area contributed by atoms with Crippen LogP contribution in [0.25, 0.3) is 5.65 Å². The van der Waals surface area contributed by atoms with Gasteiger partial charge < -0.3 is 10.3 Å². The maximum Gasteiger partial charge on any atom is 0.274 e. The van der Waals surface area contributed by atoms with Crippen LogP contribution in [-0.2, 0) is 6.42 Å². The van der Waals surface area contributed by atoms with Crippen LogP contribution in [0.2, 0.25) is 0 Å². The number of fused-ring (bicyclic) bond motifs is 1. The predicted octanol–water partition coefficient (Wildman–Crippen LogP) is 1.48. The molecular formula is C14H14FN5O. The number of aromatic amines is 1. The molecule has 0 spiro atoms. The number of halogens is 1. The lowest BCUT2D eigenvalue weighted by molar-refractivity contribution is 0.0945. The summed E-state index contributed by atoms with van der Waals surface area (Å²) in [4.78, 5) is 22.9. The summed E-state index contributed by atoms with van der Waals surface area (Å²) in [5, 5.41) is 2.66. The van der Waals surface area contributed by atoms with E-state index in [9.17, 15) is 9.18 Å². The minimum atomic E-state index is -0.637. The average molecular weight is 287 g/mol. The Bertz CT molecular complexity index is 778. The molecule has 1 amide bonds. The predicted molar refractivity (Wildman–Crippen MR) is 74.5 cm³/mol. The molecule has 3 heterocycles. The lowest BCUT2D eigenvalue weighted by atomic mass is 10.3. The van der Waals surface area contributed by atoms with Gasteiger partial charge in [0.05, 0.1) is 6.33 Å². The van der Waals surface area contributed by atoms with Crippen LogP contribution in [0.1, 0.15) is 21.9 Å². The van der Waals surface area contributed by atoms with Crippen LogP contribution in [-0.4, -0.2) is 31.8 Å². The van der Waals surface area contributed by atoms with Gasteiger partial charge in [0.2, 0.25) is 5.95 Å². The van der Waals surface area contributed by atoms with Crippen molar-refractivity contribution < 1.29 is 9.18 Å². The summed E-state index contributed by atoms with van der Waals surface area (Å²) in [7, 11) is 0. The lowest BCUT2D eigenvalue weighted by Crippen LogP contribution is -2.27. The second-order valence-electron chi connectivity index (χ2n) is 4.69. The maximum atomic E-state index is 14.3. The first-order valence-corrected chi connectivity index (χ1v) is 6.56. The number of aryl methyl sites for hydroxylation is 1. The highest BCUT2D eigenvalue weighted by Crippen LogP contribution is 2.13. The standard InChI is InChI=1S/C14H14FN5O/c1-9-3-2-4-11-19-12(13(15)20(9)11)14(21)17-6-5-10-7-16-8-18-10/h2-4,7-8H,5-6H2,1H3,(H,16,18)(H,17,21). The molecule has 0 aromatic carbocycles. The van der Waals surface area contributed by atoms with Gasteiger partial charge in [-0.1, -0.05) is 6.07 Å². The summed E-state index contributed by atoms with van der Waals surface area (Å²) in [5.74, 6) is -1.16. The zero-order valence-electron chi connectivity index (χ0n) is 11.4. The molecular weight excluding hydrogens is 273 g/mol. The highest BCUT2D eigenvalue weighted by Gasteiger charge is 2.19. The molecule has 108 valence electrons. The Morgan fingerprint density at radius 3 is 3.05 bits per heavy atom. The Morgan fingerprint density at radius 1 is 1.48 bits per heavy atom. The van der Waals surface area contributed by atoms with Crippen molar-refractivity contribution in [2.75, 3.05) is 6.54 Å². The molecule has 0 aliphatic carbocycles. The molecule has 0 atom stereocenters. The molecule has 0 saturated carbocycles. The molecule has 3 aromatic rings.